The molecule has 1 aromatic rings. The lowest BCUT2D eigenvalue weighted by molar-refractivity contribution is -0.605. The van der Waals surface area contributed by atoms with Gasteiger partial charge in [-0.2, -0.15) is 4.73 Å². The average molecular weight is 96.1 g/mol. The van der Waals surface area contributed by atoms with Gasteiger partial charge in [-0.3, -0.25) is 0 Å². The molecular formula is C5H5NO. The van der Waals surface area contributed by atoms with Crippen LogP contribution in [-0.4, -0.2) is 0 Å². The Balaban J connectivity index is 3.13. The zero-order valence-electron chi connectivity index (χ0n) is 4.66. The molecule has 1 rings (SSSR count). The number of nitrogens with zero attached hydrogens (tertiary/aromatic N) is 1. The highest BCUT2D eigenvalue weighted by atomic mass is 16.5. The number of aromatic nitrogens is 1. The van der Waals surface area contributed by atoms with Crippen LogP contribution in [-0.2, 0) is 0 Å². The molecule has 0 spiro atoms. The Labute approximate surface area is 43.0 Å². The van der Waals surface area contributed by atoms with Crippen LogP contribution in [0.1, 0.15) is 1.37 Å². The van der Waals surface area contributed by atoms with Crippen molar-refractivity contribution in [2.24, 2.45) is 0 Å². The Hall–Kier alpha value is -1.05. The summed E-state index contributed by atoms with van der Waals surface area (Å²) in [6.45, 7) is 0. The van der Waals surface area contributed by atoms with Crippen molar-refractivity contribution in [1.29, 1.82) is 0 Å². The molecule has 0 N–H and O–H groups in total. The molecule has 0 aliphatic carbocycles. The van der Waals surface area contributed by atoms with Crippen molar-refractivity contribution in [3.63, 3.8) is 0 Å². The maximum absolute atomic E-state index is 10.3. The summed E-state index contributed by atoms with van der Waals surface area (Å²) in [5.74, 6) is 0. The molecule has 0 unspecified atom stereocenters. The van der Waals surface area contributed by atoms with Gasteiger partial charge in [0.2, 0.25) is 0 Å². The molecule has 0 saturated carbocycles. The predicted molar refractivity (Wildman–Crippen MR) is 25.4 cm³/mol. The van der Waals surface area contributed by atoms with Crippen LogP contribution in [0.5, 0.6) is 0 Å². The van der Waals surface area contributed by atoms with E-state index in [1.807, 2.05) is 0 Å². The Morgan fingerprint density at radius 2 is 2.29 bits per heavy atom. The van der Waals surface area contributed by atoms with Gasteiger partial charge in [0, 0.05) is 12.1 Å². The zero-order valence-corrected chi connectivity index (χ0v) is 3.66. The van der Waals surface area contributed by atoms with E-state index in [1.165, 1.54) is 12.3 Å². The third-order valence-corrected chi connectivity index (χ3v) is 0.631. The van der Waals surface area contributed by atoms with Crippen LogP contribution < -0.4 is 4.73 Å². The molecule has 2 nitrogen and oxygen atoms in total. The van der Waals surface area contributed by atoms with E-state index in [9.17, 15) is 5.21 Å². The largest absolute Gasteiger partial charge is 0.619 e. The summed E-state index contributed by atoms with van der Waals surface area (Å²) in [7, 11) is 0. The van der Waals surface area contributed by atoms with Gasteiger partial charge < -0.3 is 5.21 Å². The van der Waals surface area contributed by atoms with Gasteiger partial charge in [-0.1, -0.05) is 6.07 Å². The predicted octanol–water partition coefficient (Wildman–Crippen LogP) is 0.320. The van der Waals surface area contributed by atoms with Crippen molar-refractivity contribution >= 4 is 0 Å². The summed E-state index contributed by atoms with van der Waals surface area (Å²) in [5, 5.41) is 10.3. The normalized spacial score (nSPS) is 10.6. The molecular weight excluding hydrogens is 90.1 g/mol. The van der Waals surface area contributed by atoms with E-state index in [2.05, 4.69) is 0 Å². The van der Waals surface area contributed by atoms with Crippen LogP contribution in [0.4, 0.5) is 0 Å². The first kappa shape index (κ1) is 3.02. The van der Waals surface area contributed by atoms with Gasteiger partial charge in [-0.15, -0.1) is 0 Å². The lowest BCUT2D eigenvalue weighted by Crippen LogP contribution is -2.22. The molecule has 2 heteroatoms. The Bertz CT molecular complexity index is 169. The van der Waals surface area contributed by atoms with Crippen molar-refractivity contribution in [3.8, 4) is 0 Å². The molecule has 36 valence electrons. The first-order chi connectivity index (χ1) is 3.80. The fourth-order valence-corrected chi connectivity index (χ4v) is 0.343. The van der Waals surface area contributed by atoms with Gasteiger partial charge in [-0.05, 0) is 0 Å². The second kappa shape index (κ2) is 1.60. The molecule has 0 aliphatic heterocycles. The highest BCUT2D eigenvalue weighted by Crippen LogP contribution is 1.72. The Kier molecular flexibility index (Phi) is 0.689. The van der Waals surface area contributed by atoms with Gasteiger partial charge >= 0.3 is 0 Å². The minimum absolute atomic E-state index is 0.0208. The van der Waals surface area contributed by atoms with E-state index in [-0.39, 0.29) is 6.17 Å². The SMILES string of the molecule is [2H]c1cccc[n+]1[O-]. The Morgan fingerprint density at radius 1 is 1.43 bits per heavy atom. The number of hydrogen-bond donors (Lipinski definition) is 0. The lowest BCUT2D eigenvalue weighted by atomic mass is 10.5. The van der Waals surface area contributed by atoms with Gasteiger partial charge in [0.25, 0.3) is 0 Å². The number of pyridine rings is 1. The highest BCUT2D eigenvalue weighted by molar-refractivity contribution is 4.83. The third-order valence-electron chi connectivity index (χ3n) is 0.631. The molecule has 0 fully saturated rings. The van der Waals surface area contributed by atoms with E-state index in [4.69, 9.17) is 1.37 Å². The van der Waals surface area contributed by atoms with Gasteiger partial charge in [-0.25, -0.2) is 0 Å². The van der Waals surface area contributed by atoms with Crippen LogP contribution in [0.3, 0.4) is 0 Å². The summed E-state index contributed by atoms with van der Waals surface area (Å²) in [5.41, 5.74) is 0. The molecule has 0 saturated heterocycles. The molecule has 1 aromatic heterocycles. The van der Waals surface area contributed by atoms with Crippen LogP contribution in [0.2, 0.25) is 0 Å². The maximum atomic E-state index is 10.3. The lowest BCUT2D eigenvalue weighted by Gasteiger charge is -1.88. The van der Waals surface area contributed by atoms with Crippen LogP contribution >= 0.6 is 0 Å². The van der Waals surface area contributed by atoms with Crippen LogP contribution in [0.25, 0.3) is 0 Å². The topological polar surface area (TPSA) is 26.9 Å². The molecule has 0 aliphatic rings. The van der Waals surface area contributed by atoms with E-state index >= 15 is 0 Å². The van der Waals surface area contributed by atoms with E-state index < -0.39 is 0 Å². The summed E-state index contributed by atoms with van der Waals surface area (Å²) in [6.07, 6.45) is 1.27. The minimum Gasteiger partial charge on any atom is -0.619 e. The van der Waals surface area contributed by atoms with E-state index in [0.29, 0.717) is 4.73 Å². The van der Waals surface area contributed by atoms with Crippen molar-refractivity contribution in [2.75, 3.05) is 0 Å². The molecule has 0 amide bonds. The van der Waals surface area contributed by atoms with E-state index in [0.717, 1.165) is 0 Å². The first-order valence-corrected chi connectivity index (χ1v) is 1.95. The summed E-state index contributed by atoms with van der Waals surface area (Å²) in [4.78, 5) is 0. The molecule has 1 heterocycles. The molecule has 0 atom stereocenters. The fraction of sp³-hybridized carbons (Fsp3) is 0. The first-order valence-electron chi connectivity index (χ1n) is 2.45. The fourth-order valence-electron chi connectivity index (χ4n) is 0.343. The van der Waals surface area contributed by atoms with Gasteiger partial charge in [0.15, 0.2) is 12.4 Å². The number of hydrogen-bond acceptors (Lipinski definition) is 1. The quantitative estimate of drug-likeness (QED) is 0.337. The van der Waals surface area contributed by atoms with E-state index in [1.54, 1.807) is 12.1 Å². The average Bonchev–Trinajstić information content (AvgIpc) is 1.77. The molecule has 0 aromatic carbocycles. The molecule has 0 radical (unpaired) electrons. The van der Waals surface area contributed by atoms with Crippen molar-refractivity contribution in [2.45, 2.75) is 0 Å². The van der Waals surface area contributed by atoms with Crippen molar-refractivity contribution < 1.29 is 6.10 Å². The van der Waals surface area contributed by atoms with Crippen LogP contribution in [0, 0.1) is 5.21 Å². The molecule has 0 bridgehead atoms. The summed E-state index contributed by atoms with van der Waals surface area (Å²) < 4.78 is 7.37. The zero-order chi connectivity index (χ0) is 5.98. The van der Waals surface area contributed by atoms with Crippen molar-refractivity contribution in [3.05, 3.63) is 35.8 Å². The van der Waals surface area contributed by atoms with Gasteiger partial charge in [0.05, 0.1) is 0 Å². The summed E-state index contributed by atoms with van der Waals surface area (Å²) in [6, 6.07) is 4.68. The Morgan fingerprint density at radius 3 is 2.71 bits per heavy atom. The van der Waals surface area contributed by atoms with Crippen molar-refractivity contribution in [1.82, 2.24) is 0 Å². The third kappa shape index (κ3) is 0.892. The second-order valence-electron chi connectivity index (χ2n) is 1.16. The maximum Gasteiger partial charge on any atom is 0.180 e. The number of rotatable bonds is 0. The second-order valence-corrected chi connectivity index (χ2v) is 1.16. The standard InChI is InChI=1S/C5H5NO/c7-6-4-2-1-3-5-6/h1-5H/i4D. The van der Waals surface area contributed by atoms with Crippen LogP contribution in [0.15, 0.2) is 30.6 Å². The smallest absolute Gasteiger partial charge is 0.180 e. The summed E-state index contributed by atoms with van der Waals surface area (Å²) >= 11 is 0. The molecule has 7 heavy (non-hydrogen) atoms. The van der Waals surface area contributed by atoms with Gasteiger partial charge in [0.1, 0.15) is 1.37 Å². The highest BCUT2D eigenvalue weighted by Gasteiger charge is 1.74. The minimum atomic E-state index is -0.0208. The monoisotopic (exact) mass is 96.0 g/mol.